The van der Waals surface area contributed by atoms with Crippen molar-refractivity contribution in [1.82, 2.24) is 9.29 Å². The Labute approximate surface area is 125 Å². The lowest BCUT2D eigenvalue weighted by Crippen LogP contribution is -2.36. The first kappa shape index (κ1) is 15.5. The monoisotopic (exact) mass is 314 g/mol. The Morgan fingerprint density at radius 2 is 2.05 bits per heavy atom. The van der Waals surface area contributed by atoms with E-state index in [0.717, 1.165) is 6.42 Å². The average Bonchev–Trinajstić information content (AvgIpc) is 2.38. The number of halogens is 1. The molecule has 0 atom stereocenters. The van der Waals surface area contributed by atoms with Gasteiger partial charge in [0.05, 0.1) is 5.02 Å². The molecular weight excluding hydrogens is 296 g/mol. The van der Waals surface area contributed by atoms with Gasteiger partial charge in [-0.15, -0.1) is 0 Å². The summed E-state index contributed by atoms with van der Waals surface area (Å²) in [5.74, 6) is 0. The Hall–Kier alpha value is -0.910. The van der Waals surface area contributed by atoms with Crippen LogP contribution in [-0.2, 0) is 10.0 Å². The molecule has 0 amide bonds. The SMILES string of the molecule is CC(C)(C)C1=CCN(S(=O)(=O)c2cnccc2Cl)CC1. The molecule has 0 aliphatic carbocycles. The Morgan fingerprint density at radius 1 is 1.35 bits per heavy atom. The van der Waals surface area contributed by atoms with Crippen LogP contribution >= 0.6 is 11.6 Å². The van der Waals surface area contributed by atoms with Gasteiger partial charge < -0.3 is 0 Å². The van der Waals surface area contributed by atoms with Crippen LogP contribution < -0.4 is 0 Å². The summed E-state index contributed by atoms with van der Waals surface area (Å²) in [4.78, 5) is 3.93. The second-order valence-electron chi connectivity index (χ2n) is 5.90. The van der Waals surface area contributed by atoms with E-state index >= 15 is 0 Å². The highest BCUT2D eigenvalue weighted by Gasteiger charge is 2.30. The number of sulfonamides is 1. The van der Waals surface area contributed by atoms with Crippen LogP contribution in [0.15, 0.2) is 35.0 Å². The quantitative estimate of drug-likeness (QED) is 0.788. The number of rotatable bonds is 2. The zero-order valence-corrected chi connectivity index (χ0v) is 13.5. The van der Waals surface area contributed by atoms with Crippen LogP contribution in [0, 0.1) is 5.41 Å². The topological polar surface area (TPSA) is 50.3 Å². The van der Waals surface area contributed by atoms with E-state index in [1.54, 1.807) is 0 Å². The number of hydrogen-bond donors (Lipinski definition) is 0. The molecule has 0 saturated carbocycles. The fourth-order valence-electron chi connectivity index (χ4n) is 2.24. The van der Waals surface area contributed by atoms with Crippen molar-refractivity contribution in [2.45, 2.75) is 32.1 Å². The second kappa shape index (κ2) is 5.47. The molecule has 6 heteroatoms. The summed E-state index contributed by atoms with van der Waals surface area (Å²) >= 11 is 5.97. The van der Waals surface area contributed by atoms with Gasteiger partial charge >= 0.3 is 0 Å². The lowest BCUT2D eigenvalue weighted by Gasteiger charge is -2.31. The minimum atomic E-state index is -3.57. The molecule has 0 fully saturated rings. The molecular formula is C14H19ClN2O2S. The molecule has 2 heterocycles. The van der Waals surface area contributed by atoms with E-state index in [-0.39, 0.29) is 15.3 Å². The number of hydrogen-bond acceptors (Lipinski definition) is 3. The van der Waals surface area contributed by atoms with Crippen molar-refractivity contribution in [3.05, 3.63) is 35.1 Å². The Kier molecular flexibility index (Phi) is 4.23. The number of nitrogens with zero attached hydrogens (tertiary/aromatic N) is 2. The third-order valence-corrected chi connectivity index (χ3v) is 5.82. The molecule has 0 aromatic carbocycles. The smallest absolute Gasteiger partial charge is 0.246 e. The lowest BCUT2D eigenvalue weighted by molar-refractivity contribution is 0.389. The van der Waals surface area contributed by atoms with Gasteiger partial charge in [-0.3, -0.25) is 4.98 Å². The normalized spacial score (nSPS) is 17.9. The fourth-order valence-corrected chi connectivity index (χ4v) is 4.03. The first-order valence-corrected chi connectivity index (χ1v) is 8.34. The molecule has 1 aliphatic heterocycles. The third-order valence-electron chi connectivity index (χ3n) is 3.49. The maximum atomic E-state index is 12.5. The van der Waals surface area contributed by atoms with Gasteiger partial charge in [0, 0.05) is 25.5 Å². The molecule has 1 aromatic rings. The molecule has 20 heavy (non-hydrogen) atoms. The van der Waals surface area contributed by atoms with Crippen molar-refractivity contribution in [2.24, 2.45) is 5.41 Å². The van der Waals surface area contributed by atoms with Crippen molar-refractivity contribution in [3.63, 3.8) is 0 Å². The van der Waals surface area contributed by atoms with E-state index in [2.05, 4.69) is 25.8 Å². The number of pyridine rings is 1. The average molecular weight is 315 g/mol. The van der Waals surface area contributed by atoms with Crippen LogP contribution in [0.4, 0.5) is 0 Å². The highest BCUT2D eigenvalue weighted by Crippen LogP contribution is 2.32. The van der Waals surface area contributed by atoms with E-state index < -0.39 is 10.0 Å². The van der Waals surface area contributed by atoms with Crippen LogP contribution in [0.5, 0.6) is 0 Å². The first-order chi connectivity index (χ1) is 9.23. The van der Waals surface area contributed by atoms with Crippen LogP contribution in [0.1, 0.15) is 27.2 Å². The maximum absolute atomic E-state index is 12.5. The van der Waals surface area contributed by atoms with Gasteiger partial charge in [0.1, 0.15) is 4.90 Å². The maximum Gasteiger partial charge on any atom is 0.246 e. The molecule has 0 unspecified atom stereocenters. The van der Waals surface area contributed by atoms with Gasteiger partial charge in [-0.1, -0.05) is 44.0 Å². The number of aromatic nitrogens is 1. The van der Waals surface area contributed by atoms with Gasteiger partial charge in [-0.25, -0.2) is 8.42 Å². The second-order valence-corrected chi connectivity index (χ2v) is 8.21. The molecule has 4 nitrogen and oxygen atoms in total. The van der Waals surface area contributed by atoms with Gasteiger partial charge in [-0.05, 0) is 17.9 Å². The van der Waals surface area contributed by atoms with Crippen molar-refractivity contribution in [3.8, 4) is 0 Å². The molecule has 0 N–H and O–H groups in total. The largest absolute Gasteiger partial charge is 0.263 e. The summed E-state index contributed by atoms with van der Waals surface area (Å²) < 4.78 is 26.5. The predicted octanol–water partition coefficient (Wildman–Crippen LogP) is 3.10. The molecule has 0 radical (unpaired) electrons. The minimum Gasteiger partial charge on any atom is -0.263 e. The summed E-state index contributed by atoms with van der Waals surface area (Å²) in [6, 6.07) is 1.49. The predicted molar refractivity (Wildman–Crippen MR) is 80.2 cm³/mol. The molecule has 1 aliphatic rings. The van der Waals surface area contributed by atoms with Gasteiger partial charge in [0.2, 0.25) is 10.0 Å². The Balaban J connectivity index is 2.27. The summed E-state index contributed by atoms with van der Waals surface area (Å²) in [7, 11) is -3.57. The summed E-state index contributed by atoms with van der Waals surface area (Å²) in [5, 5.41) is 0.214. The van der Waals surface area contributed by atoms with Crippen LogP contribution in [0.3, 0.4) is 0 Å². The highest BCUT2D eigenvalue weighted by atomic mass is 35.5. The molecule has 1 aromatic heterocycles. The molecule has 110 valence electrons. The third kappa shape index (κ3) is 3.05. The first-order valence-electron chi connectivity index (χ1n) is 6.52. The van der Waals surface area contributed by atoms with Gasteiger partial charge in [0.15, 0.2) is 0 Å². The minimum absolute atomic E-state index is 0.0780. The van der Waals surface area contributed by atoms with Crippen molar-refractivity contribution < 1.29 is 8.42 Å². The van der Waals surface area contributed by atoms with E-state index in [1.165, 1.54) is 28.3 Å². The lowest BCUT2D eigenvalue weighted by atomic mass is 9.83. The van der Waals surface area contributed by atoms with Gasteiger partial charge in [-0.2, -0.15) is 4.31 Å². The van der Waals surface area contributed by atoms with E-state index in [1.807, 2.05) is 6.08 Å². The molecule has 0 spiro atoms. The van der Waals surface area contributed by atoms with Gasteiger partial charge in [0.25, 0.3) is 0 Å². The van der Waals surface area contributed by atoms with Crippen LogP contribution in [0.2, 0.25) is 5.02 Å². The van der Waals surface area contributed by atoms with E-state index in [4.69, 9.17) is 11.6 Å². The van der Waals surface area contributed by atoms with Crippen LogP contribution in [0.25, 0.3) is 0 Å². The summed E-state index contributed by atoms with van der Waals surface area (Å²) in [6.45, 7) is 7.29. The molecule has 0 bridgehead atoms. The summed E-state index contributed by atoms with van der Waals surface area (Å²) in [6.07, 6.45) is 5.54. The highest BCUT2D eigenvalue weighted by molar-refractivity contribution is 7.89. The zero-order valence-electron chi connectivity index (χ0n) is 11.9. The zero-order chi connectivity index (χ0) is 15.0. The standard InChI is InChI=1S/C14H19ClN2O2S/c1-14(2,3)11-5-8-17(9-6-11)20(18,19)13-10-16-7-4-12(13)15/h4-5,7,10H,6,8-9H2,1-3H3. The van der Waals surface area contributed by atoms with E-state index in [0.29, 0.717) is 13.1 Å². The molecule has 2 rings (SSSR count). The Bertz CT molecular complexity index is 633. The van der Waals surface area contributed by atoms with E-state index in [9.17, 15) is 8.42 Å². The fraction of sp³-hybridized carbons (Fsp3) is 0.500. The Morgan fingerprint density at radius 3 is 2.55 bits per heavy atom. The summed E-state index contributed by atoms with van der Waals surface area (Å²) in [5.41, 5.74) is 1.38. The van der Waals surface area contributed by atoms with Crippen molar-refractivity contribution in [1.29, 1.82) is 0 Å². The van der Waals surface area contributed by atoms with Crippen molar-refractivity contribution in [2.75, 3.05) is 13.1 Å². The van der Waals surface area contributed by atoms with Crippen LogP contribution in [-0.4, -0.2) is 30.8 Å². The van der Waals surface area contributed by atoms with Crippen molar-refractivity contribution >= 4 is 21.6 Å². The molecule has 0 saturated heterocycles.